The standard InChI is InChI=1S/C18H12Cl2N2O3S/c19-11-2-3-12(13(20)8-11)14-9-26-18(21-14)22-17(23)10-1-4-15-16(7-10)25-6-5-24-15/h1-4,7-9H,5-6H2,(H,21,22,23). The van der Waals surface area contributed by atoms with E-state index in [1.807, 2.05) is 5.38 Å². The Hall–Kier alpha value is -2.28. The molecule has 0 unspecified atom stereocenters. The maximum absolute atomic E-state index is 12.5. The number of hydrogen-bond donors (Lipinski definition) is 1. The van der Waals surface area contributed by atoms with Gasteiger partial charge in [-0.1, -0.05) is 23.2 Å². The zero-order valence-corrected chi connectivity index (χ0v) is 15.6. The second kappa shape index (κ2) is 7.15. The quantitative estimate of drug-likeness (QED) is 0.653. The van der Waals surface area contributed by atoms with Gasteiger partial charge in [-0.15, -0.1) is 11.3 Å². The lowest BCUT2D eigenvalue weighted by Crippen LogP contribution is -2.17. The molecular weight excluding hydrogens is 395 g/mol. The molecule has 26 heavy (non-hydrogen) atoms. The Kier molecular flexibility index (Phi) is 4.72. The molecule has 1 aliphatic heterocycles. The van der Waals surface area contributed by atoms with Crippen LogP contribution in [0.3, 0.4) is 0 Å². The van der Waals surface area contributed by atoms with Crippen molar-refractivity contribution in [3.63, 3.8) is 0 Å². The summed E-state index contributed by atoms with van der Waals surface area (Å²) in [4.78, 5) is 16.9. The zero-order chi connectivity index (χ0) is 18.1. The van der Waals surface area contributed by atoms with Crippen LogP contribution < -0.4 is 14.8 Å². The molecule has 0 spiro atoms. The van der Waals surface area contributed by atoms with Crippen LogP contribution in [0.4, 0.5) is 5.13 Å². The number of thiazole rings is 1. The summed E-state index contributed by atoms with van der Waals surface area (Å²) in [5.41, 5.74) is 1.90. The number of amides is 1. The molecule has 0 radical (unpaired) electrons. The number of anilines is 1. The Balaban J connectivity index is 1.53. The third-order valence-electron chi connectivity index (χ3n) is 3.74. The van der Waals surface area contributed by atoms with E-state index in [9.17, 15) is 4.79 Å². The second-order valence-electron chi connectivity index (χ2n) is 5.47. The second-order valence-corrected chi connectivity index (χ2v) is 7.18. The SMILES string of the molecule is O=C(Nc1nc(-c2ccc(Cl)cc2Cl)cs1)c1ccc2c(c1)OCCO2. The highest BCUT2D eigenvalue weighted by Gasteiger charge is 2.16. The molecule has 0 saturated carbocycles. The molecule has 1 aliphatic rings. The van der Waals surface area contributed by atoms with E-state index in [-0.39, 0.29) is 5.91 Å². The summed E-state index contributed by atoms with van der Waals surface area (Å²) in [6.07, 6.45) is 0. The summed E-state index contributed by atoms with van der Waals surface area (Å²) in [7, 11) is 0. The fourth-order valence-electron chi connectivity index (χ4n) is 2.51. The van der Waals surface area contributed by atoms with E-state index in [1.165, 1.54) is 11.3 Å². The molecule has 0 aliphatic carbocycles. The van der Waals surface area contributed by atoms with Crippen molar-refractivity contribution in [1.82, 2.24) is 4.98 Å². The lowest BCUT2D eigenvalue weighted by atomic mass is 10.2. The minimum atomic E-state index is -0.273. The number of benzene rings is 2. The van der Waals surface area contributed by atoms with E-state index in [1.54, 1.807) is 36.4 Å². The van der Waals surface area contributed by atoms with Crippen LogP contribution in [0.25, 0.3) is 11.3 Å². The van der Waals surface area contributed by atoms with E-state index >= 15 is 0 Å². The normalized spacial score (nSPS) is 12.7. The number of halogens is 2. The van der Waals surface area contributed by atoms with Crippen molar-refractivity contribution in [2.45, 2.75) is 0 Å². The van der Waals surface area contributed by atoms with Gasteiger partial charge in [-0.3, -0.25) is 10.1 Å². The van der Waals surface area contributed by atoms with Gasteiger partial charge < -0.3 is 9.47 Å². The largest absolute Gasteiger partial charge is 0.486 e. The number of aromatic nitrogens is 1. The lowest BCUT2D eigenvalue weighted by molar-refractivity contribution is 0.102. The van der Waals surface area contributed by atoms with Crippen molar-refractivity contribution in [3.05, 3.63) is 57.4 Å². The van der Waals surface area contributed by atoms with Crippen molar-refractivity contribution < 1.29 is 14.3 Å². The van der Waals surface area contributed by atoms with Gasteiger partial charge in [0.1, 0.15) is 13.2 Å². The maximum atomic E-state index is 12.5. The van der Waals surface area contributed by atoms with Crippen LogP contribution in [0.5, 0.6) is 11.5 Å². The topological polar surface area (TPSA) is 60.5 Å². The van der Waals surface area contributed by atoms with Crippen molar-refractivity contribution >= 4 is 45.6 Å². The first-order valence-electron chi connectivity index (χ1n) is 7.72. The van der Waals surface area contributed by atoms with Crippen molar-refractivity contribution in [2.24, 2.45) is 0 Å². The highest BCUT2D eigenvalue weighted by atomic mass is 35.5. The fourth-order valence-corrected chi connectivity index (χ4v) is 3.72. The Labute approximate surface area is 163 Å². The molecule has 132 valence electrons. The van der Waals surface area contributed by atoms with E-state index in [2.05, 4.69) is 10.3 Å². The first-order chi connectivity index (χ1) is 12.6. The predicted molar refractivity (Wildman–Crippen MR) is 103 cm³/mol. The Bertz CT molecular complexity index is 990. The monoisotopic (exact) mass is 406 g/mol. The number of nitrogens with zero attached hydrogens (tertiary/aromatic N) is 1. The number of fused-ring (bicyclic) bond motifs is 1. The van der Waals surface area contributed by atoms with E-state index < -0.39 is 0 Å². The van der Waals surface area contributed by atoms with Crippen molar-refractivity contribution in [3.8, 4) is 22.8 Å². The minimum Gasteiger partial charge on any atom is -0.486 e. The van der Waals surface area contributed by atoms with Gasteiger partial charge in [-0.2, -0.15) is 0 Å². The molecule has 2 heterocycles. The molecule has 0 bridgehead atoms. The summed E-state index contributed by atoms with van der Waals surface area (Å²) < 4.78 is 11.0. The average Bonchev–Trinajstić information content (AvgIpc) is 3.09. The summed E-state index contributed by atoms with van der Waals surface area (Å²) in [5.74, 6) is 0.934. The Morgan fingerprint density at radius 2 is 1.88 bits per heavy atom. The van der Waals surface area contributed by atoms with Gasteiger partial charge in [0.15, 0.2) is 16.6 Å². The predicted octanol–water partition coefficient (Wildman–Crippen LogP) is 5.14. The van der Waals surface area contributed by atoms with E-state index in [0.29, 0.717) is 51.1 Å². The number of carbonyl (C=O) groups is 1. The molecule has 1 amide bonds. The van der Waals surface area contributed by atoms with Crippen LogP contribution in [0.2, 0.25) is 10.0 Å². The summed E-state index contributed by atoms with van der Waals surface area (Å²) in [5, 5.41) is 6.16. The molecule has 1 N–H and O–H groups in total. The number of rotatable bonds is 3. The van der Waals surface area contributed by atoms with Crippen LogP contribution in [0.15, 0.2) is 41.8 Å². The molecule has 1 aromatic heterocycles. The van der Waals surface area contributed by atoms with Gasteiger partial charge in [-0.05, 0) is 36.4 Å². The third kappa shape index (κ3) is 3.49. The van der Waals surface area contributed by atoms with E-state index in [0.717, 1.165) is 5.56 Å². The molecule has 0 fully saturated rings. The summed E-state index contributed by atoms with van der Waals surface area (Å²) >= 11 is 13.4. The number of ether oxygens (including phenoxy) is 2. The van der Waals surface area contributed by atoms with E-state index in [4.69, 9.17) is 32.7 Å². The average molecular weight is 407 g/mol. The molecule has 2 aromatic carbocycles. The number of hydrogen-bond acceptors (Lipinski definition) is 5. The molecule has 5 nitrogen and oxygen atoms in total. The van der Waals surface area contributed by atoms with Gasteiger partial charge in [-0.25, -0.2) is 4.98 Å². The van der Waals surface area contributed by atoms with Gasteiger partial charge in [0.25, 0.3) is 5.91 Å². The number of carbonyl (C=O) groups excluding carboxylic acids is 1. The maximum Gasteiger partial charge on any atom is 0.257 e. The molecule has 0 saturated heterocycles. The van der Waals surface area contributed by atoms with Crippen LogP contribution in [-0.2, 0) is 0 Å². The van der Waals surface area contributed by atoms with Gasteiger partial charge in [0.2, 0.25) is 0 Å². The summed E-state index contributed by atoms with van der Waals surface area (Å²) in [6.45, 7) is 0.976. The van der Waals surface area contributed by atoms with Gasteiger partial charge in [0.05, 0.1) is 10.7 Å². The number of nitrogens with one attached hydrogen (secondary N) is 1. The first-order valence-corrected chi connectivity index (χ1v) is 9.36. The van der Waals surface area contributed by atoms with Crippen LogP contribution in [-0.4, -0.2) is 24.1 Å². The van der Waals surface area contributed by atoms with Crippen molar-refractivity contribution in [1.29, 1.82) is 0 Å². The Morgan fingerprint density at radius 1 is 1.08 bits per heavy atom. The Morgan fingerprint density at radius 3 is 2.69 bits per heavy atom. The lowest BCUT2D eigenvalue weighted by Gasteiger charge is -2.18. The minimum absolute atomic E-state index is 0.273. The zero-order valence-electron chi connectivity index (χ0n) is 13.3. The van der Waals surface area contributed by atoms with Crippen LogP contribution in [0.1, 0.15) is 10.4 Å². The smallest absolute Gasteiger partial charge is 0.257 e. The molecule has 8 heteroatoms. The third-order valence-corrected chi connectivity index (χ3v) is 5.04. The molecule has 3 aromatic rings. The summed E-state index contributed by atoms with van der Waals surface area (Å²) in [6, 6.07) is 10.3. The van der Waals surface area contributed by atoms with Crippen LogP contribution >= 0.6 is 34.5 Å². The first kappa shape index (κ1) is 17.1. The molecule has 0 atom stereocenters. The van der Waals surface area contributed by atoms with Crippen LogP contribution in [0, 0.1) is 0 Å². The molecule has 4 rings (SSSR count). The highest BCUT2D eigenvalue weighted by molar-refractivity contribution is 7.14. The van der Waals surface area contributed by atoms with Crippen molar-refractivity contribution in [2.75, 3.05) is 18.5 Å². The molecular formula is C18H12Cl2N2O3S. The van der Waals surface area contributed by atoms with Gasteiger partial charge >= 0.3 is 0 Å². The fraction of sp³-hybridized carbons (Fsp3) is 0.111. The highest BCUT2D eigenvalue weighted by Crippen LogP contribution is 2.33. The van der Waals surface area contributed by atoms with Gasteiger partial charge in [0, 0.05) is 21.5 Å².